The van der Waals surface area contributed by atoms with Gasteiger partial charge in [0.15, 0.2) is 0 Å². The quantitative estimate of drug-likeness (QED) is 0.464. The van der Waals surface area contributed by atoms with Crippen LogP contribution in [0.2, 0.25) is 0 Å². The van der Waals surface area contributed by atoms with Crippen LogP contribution in [0.25, 0.3) is 0 Å². The highest BCUT2D eigenvalue weighted by Crippen LogP contribution is 2.18. The summed E-state index contributed by atoms with van der Waals surface area (Å²) in [4.78, 5) is 26.1. The first-order chi connectivity index (χ1) is 6.91. The van der Waals surface area contributed by atoms with Gasteiger partial charge in [0.05, 0.1) is 15.6 Å². The summed E-state index contributed by atoms with van der Waals surface area (Å²) in [5, 5.41) is 18.0. The maximum atomic E-state index is 11.5. The molecular formula is C9H9NO4S. The van der Waals surface area contributed by atoms with Gasteiger partial charge in [-0.05, 0) is 13.8 Å². The Labute approximate surface area is 89.7 Å². The van der Waals surface area contributed by atoms with Crippen LogP contribution in [0.1, 0.15) is 20.4 Å². The van der Waals surface area contributed by atoms with E-state index in [2.05, 4.69) is 4.98 Å². The van der Waals surface area contributed by atoms with E-state index < -0.39 is 17.5 Å². The molecule has 0 aliphatic carbocycles. The average Bonchev–Trinajstić information content (AvgIpc) is 2.44. The number of ketones is 1. The van der Waals surface area contributed by atoms with Crippen LogP contribution in [0, 0.1) is 13.8 Å². The number of carboxylic acid groups (broad SMARTS) is 1. The molecule has 0 fully saturated rings. The second kappa shape index (κ2) is 4.22. The molecule has 1 rings (SSSR count). The Balaban J connectivity index is 3.01. The summed E-state index contributed by atoms with van der Waals surface area (Å²) in [6.07, 6.45) is 0.683. The molecule has 0 saturated carbocycles. The van der Waals surface area contributed by atoms with Crippen LogP contribution < -0.4 is 0 Å². The number of thiazole rings is 1. The Kier molecular flexibility index (Phi) is 3.21. The summed E-state index contributed by atoms with van der Waals surface area (Å²) >= 11 is 1.17. The van der Waals surface area contributed by atoms with E-state index in [1.807, 2.05) is 0 Å². The SMILES string of the molecule is Cc1nc(C)c(C(=O)/C=C(\O)C(=O)O)s1. The standard InChI is InChI=1S/C9H9NO4S/c1-4-8(15-5(2)10-4)6(11)3-7(12)9(13)14/h3,12H,1-2H3,(H,13,14)/b7-3-. The van der Waals surface area contributed by atoms with Gasteiger partial charge in [0.25, 0.3) is 0 Å². The van der Waals surface area contributed by atoms with Gasteiger partial charge in [-0.1, -0.05) is 0 Å². The van der Waals surface area contributed by atoms with Gasteiger partial charge in [-0.25, -0.2) is 9.78 Å². The van der Waals surface area contributed by atoms with Crippen molar-refractivity contribution in [2.45, 2.75) is 13.8 Å². The van der Waals surface area contributed by atoms with Gasteiger partial charge in [-0.3, -0.25) is 4.79 Å². The van der Waals surface area contributed by atoms with Crippen LogP contribution in [0.5, 0.6) is 0 Å². The first-order valence-corrected chi connectivity index (χ1v) is 4.85. The Hall–Kier alpha value is -1.69. The molecule has 1 heterocycles. The summed E-state index contributed by atoms with van der Waals surface area (Å²) in [6.45, 7) is 3.40. The van der Waals surface area contributed by atoms with E-state index in [1.165, 1.54) is 11.3 Å². The molecule has 0 spiro atoms. The molecule has 0 aliphatic rings. The van der Waals surface area contributed by atoms with Gasteiger partial charge in [0.2, 0.25) is 11.5 Å². The number of carbonyl (C=O) groups is 2. The molecule has 0 amide bonds. The second-order valence-corrected chi connectivity index (χ2v) is 4.05. The third kappa shape index (κ3) is 2.63. The molecule has 80 valence electrons. The maximum absolute atomic E-state index is 11.5. The number of carbonyl (C=O) groups excluding carboxylic acids is 1. The minimum absolute atomic E-state index is 0.348. The molecule has 0 aliphatic heterocycles. The monoisotopic (exact) mass is 227 g/mol. The number of aliphatic hydroxyl groups is 1. The highest BCUT2D eigenvalue weighted by atomic mass is 32.1. The fraction of sp³-hybridized carbons (Fsp3) is 0.222. The Morgan fingerprint density at radius 2 is 1.93 bits per heavy atom. The molecule has 1 aromatic heterocycles. The molecule has 5 nitrogen and oxygen atoms in total. The zero-order valence-corrected chi connectivity index (χ0v) is 8.96. The second-order valence-electron chi connectivity index (χ2n) is 2.85. The lowest BCUT2D eigenvalue weighted by molar-refractivity contribution is -0.135. The van der Waals surface area contributed by atoms with Crippen molar-refractivity contribution >= 4 is 23.1 Å². The lowest BCUT2D eigenvalue weighted by atomic mass is 10.2. The van der Waals surface area contributed by atoms with E-state index in [4.69, 9.17) is 10.2 Å². The Morgan fingerprint density at radius 3 is 2.33 bits per heavy atom. The van der Waals surface area contributed by atoms with Gasteiger partial charge >= 0.3 is 5.97 Å². The number of hydrogen-bond donors (Lipinski definition) is 2. The number of carboxylic acids is 1. The zero-order chi connectivity index (χ0) is 11.6. The Bertz CT molecular complexity index is 447. The van der Waals surface area contributed by atoms with Crippen LogP contribution in [0.15, 0.2) is 11.8 Å². The highest BCUT2D eigenvalue weighted by molar-refractivity contribution is 7.13. The summed E-state index contributed by atoms with van der Waals surface area (Å²) in [5.74, 6) is -3.04. The topological polar surface area (TPSA) is 87.5 Å². The van der Waals surface area contributed by atoms with Crippen molar-refractivity contribution in [2.75, 3.05) is 0 Å². The van der Waals surface area contributed by atoms with E-state index in [1.54, 1.807) is 13.8 Å². The fourth-order valence-electron chi connectivity index (χ4n) is 1.01. The van der Waals surface area contributed by atoms with Gasteiger partial charge < -0.3 is 10.2 Å². The first kappa shape index (κ1) is 11.4. The van der Waals surface area contributed by atoms with Gasteiger partial charge in [-0.15, -0.1) is 11.3 Å². The summed E-state index contributed by atoms with van der Waals surface area (Å²) in [6, 6.07) is 0. The average molecular weight is 227 g/mol. The third-order valence-electron chi connectivity index (χ3n) is 1.61. The zero-order valence-electron chi connectivity index (χ0n) is 8.14. The predicted molar refractivity (Wildman–Crippen MR) is 54.3 cm³/mol. The van der Waals surface area contributed by atoms with Crippen molar-refractivity contribution in [2.24, 2.45) is 0 Å². The molecule has 15 heavy (non-hydrogen) atoms. The normalized spacial score (nSPS) is 11.5. The van der Waals surface area contributed by atoms with Crippen molar-refractivity contribution in [1.82, 2.24) is 4.98 Å². The number of aliphatic hydroxyl groups excluding tert-OH is 1. The third-order valence-corrected chi connectivity index (χ3v) is 2.70. The minimum Gasteiger partial charge on any atom is -0.502 e. The van der Waals surface area contributed by atoms with Crippen molar-refractivity contribution in [1.29, 1.82) is 0 Å². The lowest BCUT2D eigenvalue weighted by Crippen LogP contribution is -2.03. The predicted octanol–water partition coefficient (Wildman–Crippen LogP) is 1.47. The first-order valence-electron chi connectivity index (χ1n) is 4.04. The van der Waals surface area contributed by atoms with Crippen LogP contribution in [-0.4, -0.2) is 26.9 Å². The summed E-state index contributed by atoms with van der Waals surface area (Å²) in [5.41, 5.74) is 0.539. The number of hydrogen-bond acceptors (Lipinski definition) is 5. The number of allylic oxidation sites excluding steroid dienone is 1. The molecule has 0 aromatic carbocycles. The lowest BCUT2D eigenvalue weighted by Gasteiger charge is -1.92. The molecule has 0 atom stereocenters. The van der Waals surface area contributed by atoms with Crippen LogP contribution in [-0.2, 0) is 4.79 Å². The maximum Gasteiger partial charge on any atom is 0.371 e. The Morgan fingerprint density at radius 1 is 1.33 bits per heavy atom. The number of aliphatic carboxylic acids is 1. The van der Waals surface area contributed by atoms with E-state index >= 15 is 0 Å². The van der Waals surface area contributed by atoms with Crippen molar-refractivity contribution in [3.05, 3.63) is 27.4 Å². The van der Waals surface area contributed by atoms with Crippen LogP contribution in [0.3, 0.4) is 0 Å². The fourth-order valence-corrected chi connectivity index (χ4v) is 1.84. The largest absolute Gasteiger partial charge is 0.502 e. The van der Waals surface area contributed by atoms with Crippen LogP contribution >= 0.6 is 11.3 Å². The molecule has 2 N–H and O–H groups in total. The van der Waals surface area contributed by atoms with Crippen molar-refractivity contribution in [3.63, 3.8) is 0 Å². The molecular weight excluding hydrogens is 218 g/mol. The highest BCUT2D eigenvalue weighted by Gasteiger charge is 2.14. The summed E-state index contributed by atoms with van der Waals surface area (Å²) < 4.78 is 0. The number of nitrogens with zero attached hydrogens (tertiary/aromatic N) is 1. The van der Waals surface area contributed by atoms with E-state index in [9.17, 15) is 9.59 Å². The number of rotatable bonds is 3. The van der Waals surface area contributed by atoms with E-state index in [0.29, 0.717) is 16.6 Å². The van der Waals surface area contributed by atoms with E-state index in [-0.39, 0.29) is 0 Å². The van der Waals surface area contributed by atoms with Crippen molar-refractivity contribution in [3.8, 4) is 0 Å². The molecule has 0 unspecified atom stereocenters. The molecule has 1 aromatic rings. The van der Waals surface area contributed by atoms with Crippen LogP contribution in [0.4, 0.5) is 0 Å². The summed E-state index contributed by atoms with van der Waals surface area (Å²) in [7, 11) is 0. The number of aromatic nitrogens is 1. The molecule has 0 radical (unpaired) electrons. The molecule has 0 bridgehead atoms. The number of aryl methyl sites for hydroxylation is 2. The smallest absolute Gasteiger partial charge is 0.371 e. The van der Waals surface area contributed by atoms with E-state index in [0.717, 1.165) is 5.01 Å². The molecule has 0 saturated heterocycles. The molecule has 6 heteroatoms. The minimum atomic E-state index is -1.53. The van der Waals surface area contributed by atoms with Gasteiger partial charge in [0, 0.05) is 6.08 Å². The van der Waals surface area contributed by atoms with Crippen molar-refractivity contribution < 1.29 is 19.8 Å². The van der Waals surface area contributed by atoms with Gasteiger partial charge in [0.1, 0.15) is 0 Å². The van der Waals surface area contributed by atoms with Gasteiger partial charge in [-0.2, -0.15) is 0 Å².